The van der Waals surface area contributed by atoms with Crippen LogP contribution in [0.25, 0.3) is 32.7 Å². The number of thiophene rings is 1. The molecule has 0 fully saturated rings. The lowest BCUT2D eigenvalue weighted by molar-refractivity contribution is -0.173. The van der Waals surface area contributed by atoms with Crippen molar-refractivity contribution in [2.45, 2.75) is 12.7 Å². The molecule has 0 atom stereocenters. The Morgan fingerprint density at radius 3 is 2.81 bits per heavy atom. The summed E-state index contributed by atoms with van der Waals surface area (Å²) in [7, 11) is 0. The molecule has 4 aromatic heterocycles. The number of nitrogens with zero attached hydrogens (tertiary/aromatic N) is 3. The molecule has 0 aliphatic rings. The highest BCUT2D eigenvalue weighted by atomic mass is 35.5. The number of rotatable bonds is 5. The molecule has 6 nitrogen and oxygen atoms in total. The molecule has 0 aliphatic heterocycles. The molecule has 0 spiro atoms. The number of alkyl halides is 3. The van der Waals surface area contributed by atoms with Gasteiger partial charge in [0.05, 0.1) is 27.4 Å². The van der Waals surface area contributed by atoms with Crippen LogP contribution in [0, 0.1) is 4.64 Å². The van der Waals surface area contributed by atoms with Crippen molar-refractivity contribution >= 4 is 52.1 Å². The molecule has 0 saturated heterocycles. The molecule has 4 heterocycles. The van der Waals surface area contributed by atoms with Crippen LogP contribution in [0.15, 0.2) is 42.3 Å². The molecule has 12 heteroatoms. The van der Waals surface area contributed by atoms with Crippen LogP contribution >= 0.6 is 35.2 Å². The Morgan fingerprint density at radius 2 is 2.16 bits per heavy atom. The summed E-state index contributed by atoms with van der Waals surface area (Å²) in [4.78, 5) is 23.4. The quantitative estimate of drug-likeness (QED) is 0.382. The highest BCUT2D eigenvalue weighted by Gasteiger charge is 2.38. The molecule has 4 rings (SSSR count). The fourth-order valence-corrected chi connectivity index (χ4v) is 4.76. The maximum absolute atomic E-state index is 12.6. The Balaban J connectivity index is 1.93. The van der Waals surface area contributed by atoms with Crippen LogP contribution < -0.4 is 5.32 Å². The first kappa shape index (κ1) is 21.5. The first-order chi connectivity index (χ1) is 14.8. The molecule has 0 aliphatic carbocycles. The summed E-state index contributed by atoms with van der Waals surface area (Å²) in [5.74, 6) is -2.00. The minimum Gasteiger partial charge on any atom is -0.346 e. The summed E-state index contributed by atoms with van der Waals surface area (Å²) in [6, 6.07) is 5.37. The maximum atomic E-state index is 12.6. The van der Waals surface area contributed by atoms with Gasteiger partial charge in [0.15, 0.2) is 4.64 Å². The lowest BCUT2D eigenvalue weighted by Crippen LogP contribution is -2.38. The van der Waals surface area contributed by atoms with Crippen LogP contribution in [0.3, 0.4) is 0 Å². The van der Waals surface area contributed by atoms with Crippen molar-refractivity contribution in [3.8, 4) is 21.7 Å². The van der Waals surface area contributed by atoms with Gasteiger partial charge in [-0.15, -0.1) is 11.3 Å². The number of pyridine rings is 1. The highest BCUT2D eigenvalue weighted by Crippen LogP contribution is 2.44. The zero-order valence-corrected chi connectivity index (χ0v) is 17.9. The van der Waals surface area contributed by atoms with E-state index >= 15 is 0 Å². The van der Waals surface area contributed by atoms with Crippen LogP contribution in [0.1, 0.15) is 0 Å². The molecule has 31 heavy (non-hydrogen) atoms. The fraction of sp³-hybridized carbons (Fsp3) is 0.158. The van der Waals surface area contributed by atoms with Gasteiger partial charge in [-0.1, -0.05) is 29.9 Å². The second-order valence-electron chi connectivity index (χ2n) is 6.40. The van der Waals surface area contributed by atoms with E-state index in [0.29, 0.717) is 26.6 Å². The second kappa shape index (κ2) is 8.40. The number of aromatic amines is 1. The van der Waals surface area contributed by atoms with Gasteiger partial charge < -0.3 is 14.9 Å². The number of hydrogen-bond acceptors (Lipinski definition) is 5. The first-order valence-electron chi connectivity index (χ1n) is 8.87. The first-order valence-corrected chi connectivity index (χ1v) is 10.5. The van der Waals surface area contributed by atoms with E-state index < -0.39 is 12.1 Å². The number of halogens is 4. The van der Waals surface area contributed by atoms with Crippen LogP contribution in [0.4, 0.5) is 13.2 Å². The van der Waals surface area contributed by atoms with Crippen molar-refractivity contribution in [2.24, 2.45) is 0 Å². The molecule has 0 saturated carbocycles. The molecule has 1 amide bonds. The molecule has 2 N–H and O–H groups in total. The van der Waals surface area contributed by atoms with Crippen molar-refractivity contribution in [3.05, 3.63) is 52.0 Å². The molecular formula is C19H13ClF3N5OS2. The number of carbonyl (C=O) groups excluding carboxylic acids is 1. The topological polar surface area (TPSA) is 75.6 Å². The van der Waals surface area contributed by atoms with Gasteiger partial charge in [-0.05, 0) is 17.5 Å². The lowest BCUT2D eigenvalue weighted by Gasteiger charge is -2.13. The van der Waals surface area contributed by atoms with Crippen LogP contribution in [-0.2, 0) is 11.3 Å². The average molecular weight is 484 g/mol. The molecule has 160 valence electrons. The van der Waals surface area contributed by atoms with Gasteiger partial charge in [0.25, 0.3) is 0 Å². The van der Waals surface area contributed by atoms with Crippen molar-refractivity contribution < 1.29 is 18.0 Å². The second-order valence-corrected chi connectivity index (χ2v) is 8.11. The van der Waals surface area contributed by atoms with Crippen LogP contribution in [0.2, 0.25) is 5.02 Å². The number of H-pyrrole nitrogens is 1. The summed E-state index contributed by atoms with van der Waals surface area (Å²) in [5.41, 5.74) is 3.33. The van der Waals surface area contributed by atoms with Gasteiger partial charge >= 0.3 is 12.1 Å². The Hall–Kier alpha value is -2.76. The van der Waals surface area contributed by atoms with Crippen molar-refractivity contribution in [3.63, 3.8) is 0 Å². The normalized spacial score (nSPS) is 11.7. The van der Waals surface area contributed by atoms with E-state index in [4.69, 9.17) is 23.8 Å². The molecule has 0 radical (unpaired) electrons. The fourth-order valence-electron chi connectivity index (χ4n) is 3.29. The zero-order chi connectivity index (χ0) is 22.2. The predicted molar refractivity (Wildman–Crippen MR) is 116 cm³/mol. The zero-order valence-electron chi connectivity index (χ0n) is 15.5. The van der Waals surface area contributed by atoms with E-state index in [9.17, 15) is 18.0 Å². The van der Waals surface area contributed by atoms with E-state index in [0.717, 1.165) is 11.1 Å². The lowest BCUT2D eigenvalue weighted by atomic mass is 10.1. The van der Waals surface area contributed by atoms with Crippen LogP contribution in [0.5, 0.6) is 0 Å². The minimum atomic E-state index is -4.96. The number of hydrogen-bond donors (Lipinski definition) is 2. The van der Waals surface area contributed by atoms with Crippen molar-refractivity contribution in [1.82, 2.24) is 24.8 Å². The molecule has 0 unspecified atom stereocenters. The van der Waals surface area contributed by atoms with Gasteiger partial charge in [-0.25, -0.2) is 4.98 Å². The summed E-state index contributed by atoms with van der Waals surface area (Å²) in [5, 5.41) is 4.20. The molecule has 0 bridgehead atoms. The van der Waals surface area contributed by atoms with E-state index in [1.54, 1.807) is 29.1 Å². The third-order valence-electron chi connectivity index (χ3n) is 4.52. The number of aromatic nitrogens is 4. The third kappa shape index (κ3) is 4.08. The van der Waals surface area contributed by atoms with E-state index in [1.807, 2.05) is 16.8 Å². The number of amides is 1. The SMILES string of the molecule is O=C(NCCn1c(-c2sccc2Cl)c(-c2cccnc2)c2[nH]cnc(=S)c21)C(F)(F)F. The Morgan fingerprint density at radius 1 is 1.35 bits per heavy atom. The smallest absolute Gasteiger partial charge is 0.346 e. The van der Waals surface area contributed by atoms with Crippen molar-refractivity contribution in [1.29, 1.82) is 0 Å². The van der Waals surface area contributed by atoms with Gasteiger partial charge in [0.2, 0.25) is 0 Å². The summed E-state index contributed by atoms with van der Waals surface area (Å²) >= 11 is 13.2. The number of nitrogens with one attached hydrogen (secondary N) is 2. The van der Waals surface area contributed by atoms with Gasteiger partial charge in [-0.3, -0.25) is 9.78 Å². The summed E-state index contributed by atoms with van der Waals surface area (Å²) < 4.78 is 39.8. The van der Waals surface area contributed by atoms with Gasteiger partial charge in [-0.2, -0.15) is 13.2 Å². The van der Waals surface area contributed by atoms with Crippen molar-refractivity contribution in [2.75, 3.05) is 6.54 Å². The van der Waals surface area contributed by atoms with E-state index in [1.165, 1.54) is 17.7 Å². The van der Waals surface area contributed by atoms with Gasteiger partial charge in [0.1, 0.15) is 5.52 Å². The Kier molecular flexibility index (Phi) is 5.82. The number of fused-ring (bicyclic) bond motifs is 1. The van der Waals surface area contributed by atoms with E-state index in [2.05, 4.69) is 15.0 Å². The summed E-state index contributed by atoms with van der Waals surface area (Å²) in [6.07, 6.45) is -0.193. The Labute approximate surface area is 187 Å². The summed E-state index contributed by atoms with van der Waals surface area (Å²) in [6.45, 7) is -0.250. The molecular weight excluding hydrogens is 471 g/mol. The van der Waals surface area contributed by atoms with E-state index in [-0.39, 0.29) is 17.7 Å². The monoisotopic (exact) mass is 483 g/mol. The standard InChI is InChI=1S/C19H13ClF3N5OS2/c20-11-3-7-31-16(11)14-12(10-2-1-4-24-8-10)13-15(17(30)27-9-26-13)28(14)6-5-25-18(29)19(21,22)23/h1-4,7-9H,5-6H2,(H,25,29)(H,26,27,30). The molecule has 0 aromatic carbocycles. The third-order valence-corrected chi connectivity index (χ3v) is 6.16. The highest BCUT2D eigenvalue weighted by molar-refractivity contribution is 7.71. The maximum Gasteiger partial charge on any atom is 0.471 e. The number of carbonyl (C=O) groups is 1. The minimum absolute atomic E-state index is 0.0192. The van der Waals surface area contributed by atoms with Gasteiger partial charge in [0, 0.05) is 36.6 Å². The van der Waals surface area contributed by atoms with Crippen LogP contribution in [-0.4, -0.2) is 38.1 Å². The average Bonchev–Trinajstić information content (AvgIpc) is 3.29. The predicted octanol–water partition coefficient (Wildman–Crippen LogP) is 5.22. The Bertz CT molecular complexity index is 1310. The molecule has 4 aromatic rings. The largest absolute Gasteiger partial charge is 0.471 e.